The molecule has 1 nitrogen and oxygen atoms in total. The first kappa shape index (κ1) is 11.7. The van der Waals surface area contributed by atoms with E-state index in [2.05, 4.69) is 33.0 Å². The average molecular weight is 131 g/mol. The van der Waals surface area contributed by atoms with E-state index in [1.807, 2.05) is 0 Å². The van der Waals surface area contributed by atoms with E-state index >= 15 is 0 Å². The van der Waals surface area contributed by atoms with Gasteiger partial charge in [0.15, 0.2) is 0 Å². The second-order valence-corrected chi connectivity index (χ2v) is 1.96. The van der Waals surface area contributed by atoms with Crippen molar-refractivity contribution in [3.63, 3.8) is 0 Å². The minimum atomic E-state index is 1.09. The summed E-state index contributed by atoms with van der Waals surface area (Å²) >= 11 is 0. The van der Waals surface area contributed by atoms with Crippen LogP contribution in [0.2, 0.25) is 0 Å². The zero-order valence-electron chi connectivity index (χ0n) is 7.33. The van der Waals surface area contributed by atoms with E-state index in [9.17, 15) is 0 Å². The molecular weight excluding hydrogens is 110 g/mol. The van der Waals surface area contributed by atoms with Crippen LogP contribution >= 0.6 is 0 Å². The van der Waals surface area contributed by atoms with Crippen molar-refractivity contribution in [2.75, 3.05) is 13.1 Å². The van der Waals surface area contributed by atoms with Crippen LogP contribution in [-0.4, -0.2) is 13.1 Å². The maximum absolute atomic E-state index is 3.11. The molecule has 0 atom stereocenters. The van der Waals surface area contributed by atoms with E-state index in [1.54, 1.807) is 0 Å². The quantitative estimate of drug-likeness (QED) is 0.620. The number of unbranched alkanes of at least 4 members (excludes halogenated alkanes) is 1. The van der Waals surface area contributed by atoms with Crippen molar-refractivity contribution in [1.29, 1.82) is 0 Å². The lowest BCUT2D eigenvalue weighted by molar-refractivity contribution is 0.762. The molecule has 1 heteroatoms. The van der Waals surface area contributed by atoms with Gasteiger partial charge in [0.1, 0.15) is 0 Å². The van der Waals surface area contributed by atoms with Gasteiger partial charge in [0, 0.05) is 0 Å². The van der Waals surface area contributed by atoms with Crippen LogP contribution in [-0.2, 0) is 0 Å². The molecular formula is C8H21N. The van der Waals surface area contributed by atoms with E-state index in [0.29, 0.717) is 0 Å². The summed E-state index contributed by atoms with van der Waals surface area (Å²) in [5, 5.41) is 3.11. The predicted octanol–water partition coefficient (Wildman–Crippen LogP) is 2.42. The van der Waals surface area contributed by atoms with Gasteiger partial charge in [-0.25, -0.2) is 0 Å². The van der Waals surface area contributed by atoms with Crippen molar-refractivity contribution in [1.82, 2.24) is 5.32 Å². The molecule has 0 radical (unpaired) electrons. The van der Waals surface area contributed by atoms with Gasteiger partial charge in [0.25, 0.3) is 0 Å². The van der Waals surface area contributed by atoms with Gasteiger partial charge in [-0.05, 0) is 13.1 Å². The molecule has 0 bridgehead atoms. The molecule has 0 aliphatic rings. The Morgan fingerprint density at radius 1 is 0.778 bits per heavy atom. The van der Waals surface area contributed by atoms with Crippen LogP contribution in [0.15, 0.2) is 0 Å². The lowest BCUT2D eigenvalue weighted by atomic mass is 10.4. The molecule has 0 amide bonds. The minimum absolute atomic E-state index is 1.09. The summed E-state index contributed by atoms with van der Waals surface area (Å²) in [6.07, 6.45) is 2.64. The van der Waals surface area contributed by atoms with Crippen molar-refractivity contribution in [3.8, 4) is 0 Å². The van der Waals surface area contributed by atoms with Gasteiger partial charge < -0.3 is 5.32 Å². The smallest absolute Gasteiger partial charge is 0.00775 e. The van der Waals surface area contributed by atoms with Gasteiger partial charge in [-0.15, -0.1) is 0 Å². The van der Waals surface area contributed by atoms with E-state index in [0.717, 1.165) is 13.1 Å². The summed E-state index contributed by atoms with van der Waals surface area (Å²) in [4.78, 5) is 0. The van der Waals surface area contributed by atoms with Crippen molar-refractivity contribution < 1.29 is 0 Å². The van der Waals surface area contributed by atoms with Crippen LogP contribution in [0.25, 0.3) is 0 Å². The van der Waals surface area contributed by atoms with Gasteiger partial charge in [0.2, 0.25) is 0 Å². The molecule has 58 valence electrons. The first-order chi connectivity index (χ1) is 4.33. The summed E-state index contributed by atoms with van der Waals surface area (Å²) in [5.74, 6) is 0. The van der Waals surface area contributed by atoms with Crippen LogP contribution in [0, 0.1) is 0 Å². The lowest BCUT2D eigenvalue weighted by Crippen LogP contribution is -2.09. The van der Waals surface area contributed by atoms with Gasteiger partial charge in [-0.2, -0.15) is 0 Å². The standard InChI is InChI=1S/C4H11N.C4H10/c1-3-5-4-2;1-3-4-2/h5H,3-4H2,1-2H3;3-4H2,1-2H3. The largest absolute Gasteiger partial charge is 0.317 e. The summed E-state index contributed by atoms with van der Waals surface area (Å²) in [6, 6.07) is 0. The number of rotatable bonds is 3. The maximum Gasteiger partial charge on any atom is -0.00775 e. The third-order valence-corrected chi connectivity index (χ3v) is 1.000. The van der Waals surface area contributed by atoms with E-state index < -0.39 is 0 Å². The van der Waals surface area contributed by atoms with Crippen LogP contribution in [0.5, 0.6) is 0 Å². The molecule has 0 aliphatic carbocycles. The fourth-order valence-corrected chi connectivity index (χ4v) is 0.250. The summed E-state index contributed by atoms with van der Waals surface area (Å²) in [7, 11) is 0. The second-order valence-electron chi connectivity index (χ2n) is 1.96. The van der Waals surface area contributed by atoms with E-state index in [-0.39, 0.29) is 0 Å². The molecule has 0 spiro atoms. The molecule has 0 unspecified atom stereocenters. The highest BCUT2D eigenvalue weighted by Gasteiger charge is 1.62. The molecule has 0 aromatic rings. The minimum Gasteiger partial charge on any atom is -0.317 e. The predicted molar refractivity (Wildman–Crippen MR) is 44.8 cm³/mol. The first-order valence-electron chi connectivity index (χ1n) is 4.04. The molecule has 0 aliphatic heterocycles. The topological polar surface area (TPSA) is 12.0 Å². The fourth-order valence-electron chi connectivity index (χ4n) is 0.250. The maximum atomic E-state index is 3.11. The Kier molecular flexibility index (Phi) is 20.4. The molecule has 0 saturated carbocycles. The van der Waals surface area contributed by atoms with Crippen LogP contribution in [0.4, 0.5) is 0 Å². The Hall–Kier alpha value is -0.0400. The van der Waals surface area contributed by atoms with Crippen molar-refractivity contribution >= 4 is 0 Å². The molecule has 0 saturated heterocycles. The summed E-state index contributed by atoms with van der Waals surface area (Å²) < 4.78 is 0. The van der Waals surface area contributed by atoms with Gasteiger partial charge in [-0.3, -0.25) is 0 Å². The number of nitrogens with one attached hydrogen (secondary N) is 1. The van der Waals surface area contributed by atoms with Crippen LogP contribution in [0.1, 0.15) is 40.5 Å². The Morgan fingerprint density at radius 3 is 1.11 bits per heavy atom. The van der Waals surface area contributed by atoms with Gasteiger partial charge in [0.05, 0.1) is 0 Å². The molecule has 1 N–H and O–H groups in total. The highest BCUT2D eigenvalue weighted by Crippen LogP contribution is 1.76. The van der Waals surface area contributed by atoms with Gasteiger partial charge >= 0.3 is 0 Å². The summed E-state index contributed by atoms with van der Waals surface area (Å²) in [5.41, 5.74) is 0. The average Bonchev–Trinajstić information content (AvgIpc) is 1.91. The zero-order valence-corrected chi connectivity index (χ0v) is 7.33. The molecule has 0 fully saturated rings. The van der Waals surface area contributed by atoms with Crippen molar-refractivity contribution in [2.45, 2.75) is 40.5 Å². The Labute approximate surface area is 59.8 Å². The van der Waals surface area contributed by atoms with Crippen molar-refractivity contribution in [3.05, 3.63) is 0 Å². The molecule has 9 heavy (non-hydrogen) atoms. The summed E-state index contributed by atoms with van der Waals surface area (Å²) in [6.45, 7) is 10.8. The third-order valence-electron chi connectivity index (χ3n) is 1.000. The third kappa shape index (κ3) is 32.3. The molecule has 0 rings (SSSR count). The van der Waals surface area contributed by atoms with E-state index in [1.165, 1.54) is 12.8 Å². The Balaban J connectivity index is 0. The van der Waals surface area contributed by atoms with E-state index in [4.69, 9.17) is 0 Å². The second kappa shape index (κ2) is 15.7. The normalized spacial score (nSPS) is 8.00. The van der Waals surface area contributed by atoms with Crippen LogP contribution in [0.3, 0.4) is 0 Å². The van der Waals surface area contributed by atoms with Crippen molar-refractivity contribution in [2.24, 2.45) is 0 Å². The lowest BCUT2D eigenvalue weighted by Gasteiger charge is -1.86. The molecule has 0 aromatic heterocycles. The highest BCUT2D eigenvalue weighted by atomic mass is 14.8. The molecule has 0 heterocycles. The molecule has 0 aromatic carbocycles. The fraction of sp³-hybridized carbons (Fsp3) is 1.00. The SMILES string of the molecule is CCCC.CCNCC. The number of hydrogen-bond acceptors (Lipinski definition) is 1. The highest BCUT2D eigenvalue weighted by molar-refractivity contribution is 4.27. The van der Waals surface area contributed by atoms with Gasteiger partial charge in [-0.1, -0.05) is 40.5 Å². The Bertz CT molecular complexity index is 23.7. The number of hydrogen-bond donors (Lipinski definition) is 1. The monoisotopic (exact) mass is 131 g/mol. The first-order valence-corrected chi connectivity index (χ1v) is 4.04. The zero-order chi connectivity index (χ0) is 7.54. The van der Waals surface area contributed by atoms with Crippen LogP contribution < -0.4 is 5.32 Å². The Morgan fingerprint density at radius 2 is 1.11 bits per heavy atom.